The molecule has 0 aliphatic heterocycles. The van der Waals surface area contributed by atoms with E-state index in [1.54, 1.807) is 30.3 Å². The Kier molecular flexibility index (Phi) is 4.45. The molecule has 1 amide bonds. The maximum absolute atomic E-state index is 11.7. The number of nitrogens with zero attached hydrogens (tertiary/aromatic N) is 5. The van der Waals surface area contributed by atoms with E-state index in [4.69, 9.17) is 0 Å². The molecular weight excluding hydrogens is 282 g/mol. The molecule has 0 aliphatic carbocycles. The van der Waals surface area contributed by atoms with Gasteiger partial charge in [0, 0.05) is 34.3 Å². The van der Waals surface area contributed by atoms with E-state index in [1.165, 1.54) is 0 Å². The molecule has 1 aromatic heterocycles. The molecular formula is C15H19N5O2. The third kappa shape index (κ3) is 3.25. The Labute approximate surface area is 129 Å². The number of anilines is 4. The monoisotopic (exact) mass is 301 g/mol. The molecule has 1 aromatic carbocycles. The van der Waals surface area contributed by atoms with Crippen molar-refractivity contribution in [2.75, 3.05) is 42.9 Å². The highest BCUT2D eigenvalue weighted by molar-refractivity contribution is 5.93. The number of benzene rings is 1. The van der Waals surface area contributed by atoms with Crippen LogP contribution in [0.2, 0.25) is 0 Å². The van der Waals surface area contributed by atoms with Gasteiger partial charge in [0.2, 0.25) is 5.95 Å². The van der Waals surface area contributed by atoms with E-state index in [0.29, 0.717) is 17.3 Å². The van der Waals surface area contributed by atoms with Crippen molar-refractivity contribution in [2.24, 2.45) is 0 Å². The highest BCUT2D eigenvalue weighted by atomic mass is 16.4. The molecule has 22 heavy (non-hydrogen) atoms. The molecule has 0 spiro atoms. The molecule has 1 heterocycles. The summed E-state index contributed by atoms with van der Waals surface area (Å²) in [6.45, 7) is 0. The molecule has 0 bridgehead atoms. The molecule has 1 N–H and O–H groups in total. The lowest BCUT2D eigenvalue weighted by atomic mass is 10.3. The molecule has 0 unspecified atom stereocenters. The van der Waals surface area contributed by atoms with Crippen LogP contribution >= 0.6 is 0 Å². The molecule has 0 saturated carbocycles. The maximum atomic E-state index is 11.7. The first-order valence-electron chi connectivity index (χ1n) is 6.72. The lowest BCUT2D eigenvalue weighted by Crippen LogP contribution is -2.27. The first-order valence-corrected chi connectivity index (χ1v) is 6.72. The van der Waals surface area contributed by atoms with Crippen LogP contribution in [-0.2, 0) is 0 Å². The van der Waals surface area contributed by atoms with Crippen molar-refractivity contribution in [3.05, 3.63) is 36.4 Å². The van der Waals surface area contributed by atoms with Crippen LogP contribution < -0.4 is 14.7 Å². The smallest absolute Gasteiger partial charge is 0.418 e. The molecule has 0 radical (unpaired) electrons. The van der Waals surface area contributed by atoms with Gasteiger partial charge in [-0.3, -0.25) is 0 Å². The fraction of sp³-hybridized carbons (Fsp3) is 0.267. The van der Waals surface area contributed by atoms with Crippen molar-refractivity contribution in [3.63, 3.8) is 0 Å². The third-order valence-corrected chi connectivity index (χ3v) is 3.01. The number of aromatic nitrogens is 2. The van der Waals surface area contributed by atoms with Gasteiger partial charge in [-0.2, -0.15) is 9.97 Å². The quantitative estimate of drug-likeness (QED) is 0.935. The van der Waals surface area contributed by atoms with E-state index >= 15 is 0 Å². The predicted octanol–water partition coefficient (Wildman–Crippen LogP) is 2.42. The number of para-hydroxylation sites is 1. The number of carbonyl (C=O) groups is 1. The lowest BCUT2D eigenvalue weighted by molar-refractivity contribution is 0.204. The van der Waals surface area contributed by atoms with Crippen LogP contribution in [0.3, 0.4) is 0 Å². The highest BCUT2D eigenvalue weighted by Crippen LogP contribution is 2.26. The third-order valence-electron chi connectivity index (χ3n) is 3.01. The van der Waals surface area contributed by atoms with Crippen LogP contribution in [0.5, 0.6) is 0 Å². The summed E-state index contributed by atoms with van der Waals surface area (Å²) >= 11 is 0. The summed E-state index contributed by atoms with van der Waals surface area (Å²) in [5, 5.41) is 9.56. The van der Waals surface area contributed by atoms with E-state index in [9.17, 15) is 9.90 Å². The van der Waals surface area contributed by atoms with Gasteiger partial charge in [-0.25, -0.2) is 9.69 Å². The van der Waals surface area contributed by atoms with E-state index in [-0.39, 0.29) is 5.95 Å². The summed E-state index contributed by atoms with van der Waals surface area (Å²) in [5.41, 5.74) is 0.496. The molecule has 7 heteroatoms. The summed E-state index contributed by atoms with van der Waals surface area (Å²) in [4.78, 5) is 25.1. The van der Waals surface area contributed by atoms with Gasteiger partial charge in [0.25, 0.3) is 0 Å². The van der Waals surface area contributed by atoms with Gasteiger partial charge in [-0.05, 0) is 12.1 Å². The Morgan fingerprint density at radius 2 is 1.45 bits per heavy atom. The highest BCUT2D eigenvalue weighted by Gasteiger charge is 2.21. The number of rotatable bonds is 4. The number of amides is 1. The van der Waals surface area contributed by atoms with Gasteiger partial charge in [0.15, 0.2) is 0 Å². The van der Waals surface area contributed by atoms with Gasteiger partial charge >= 0.3 is 6.09 Å². The minimum Gasteiger partial charge on any atom is -0.464 e. The van der Waals surface area contributed by atoms with Gasteiger partial charge in [0.1, 0.15) is 11.6 Å². The maximum Gasteiger partial charge on any atom is 0.418 e. The second-order valence-electron chi connectivity index (χ2n) is 5.13. The molecule has 0 atom stereocenters. The molecule has 0 fully saturated rings. The summed E-state index contributed by atoms with van der Waals surface area (Å²) in [5.74, 6) is 1.39. The van der Waals surface area contributed by atoms with Crippen LogP contribution in [0.4, 0.5) is 28.1 Å². The van der Waals surface area contributed by atoms with E-state index in [1.807, 2.05) is 44.1 Å². The van der Waals surface area contributed by atoms with E-state index < -0.39 is 6.09 Å². The van der Waals surface area contributed by atoms with Crippen molar-refractivity contribution in [1.82, 2.24) is 9.97 Å². The fourth-order valence-electron chi connectivity index (χ4n) is 1.86. The Morgan fingerprint density at radius 3 is 1.86 bits per heavy atom. The summed E-state index contributed by atoms with van der Waals surface area (Å²) in [6.07, 6.45) is -1.13. The summed E-state index contributed by atoms with van der Waals surface area (Å²) in [7, 11) is 7.39. The molecule has 0 saturated heterocycles. The van der Waals surface area contributed by atoms with Crippen LogP contribution in [0.1, 0.15) is 0 Å². The van der Waals surface area contributed by atoms with Crippen LogP contribution in [0, 0.1) is 0 Å². The Morgan fingerprint density at radius 1 is 0.955 bits per heavy atom. The van der Waals surface area contributed by atoms with Crippen LogP contribution in [-0.4, -0.2) is 49.4 Å². The number of hydrogen-bond acceptors (Lipinski definition) is 5. The fourth-order valence-corrected chi connectivity index (χ4v) is 1.86. The minimum atomic E-state index is -1.13. The topological polar surface area (TPSA) is 72.8 Å². The normalized spacial score (nSPS) is 10.2. The Hall–Kier alpha value is -2.83. The average molecular weight is 301 g/mol. The lowest BCUT2D eigenvalue weighted by Gasteiger charge is -2.22. The molecule has 2 aromatic rings. The first kappa shape index (κ1) is 15.6. The minimum absolute atomic E-state index is 0.119. The van der Waals surface area contributed by atoms with Gasteiger partial charge in [-0.1, -0.05) is 18.2 Å². The van der Waals surface area contributed by atoms with Crippen molar-refractivity contribution in [1.29, 1.82) is 0 Å². The van der Waals surface area contributed by atoms with Gasteiger partial charge < -0.3 is 14.9 Å². The van der Waals surface area contributed by atoms with E-state index in [0.717, 1.165) is 4.90 Å². The van der Waals surface area contributed by atoms with Gasteiger partial charge in [-0.15, -0.1) is 0 Å². The zero-order valence-electron chi connectivity index (χ0n) is 13.1. The van der Waals surface area contributed by atoms with Crippen molar-refractivity contribution >= 4 is 29.4 Å². The van der Waals surface area contributed by atoms with Crippen molar-refractivity contribution < 1.29 is 9.90 Å². The zero-order valence-corrected chi connectivity index (χ0v) is 13.1. The first-order chi connectivity index (χ1) is 10.4. The largest absolute Gasteiger partial charge is 0.464 e. The van der Waals surface area contributed by atoms with Crippen LogP contribution in [0.25, 0.3) is 0 Å². The van der Waals surface area contributed by atoms with E-state index in [2.05, 4.69) is 9.97 Å². The summed E-state index contributed by atoms with van der Waals surface area (Å²) in [6, 6.07) is 10.6. The van der Waals surface area contributed by atoms with Crippen molar-refractivity contribution in [2.45, 2.75) is 0 Å². The number of hydrogen-bond donors (Lipinski definition) is 1. The second kappa shape index (κ2) is 6.30. The summed E-state index contributed by atoms with van der Waals surface area (Å²) < 4.78 is 0. The average Bonchev–Trinajstić information content (AvgIpc) is 2.47. The second-order valence-corrected chi connectivity index (χ2v) is 5.13. The standard InChI is InChI=1S/C15H19N5O2/c1-18(2)12-10-13(19(3)4)17-14(16-12)20(15(21)22)11-8-6-5-7-9-11/h5-10H,1-4H3,(H,21,22). The van der Waals surface area contributed by atoms with Crippen molar-refractivity contribution in [3.8, 4) is 0 Å². The molecule has 7 nitrogen and oxygen atoms in total. The predicted molar refractivity (Wildman–Crippen MR) is 87.3 cm³/mol. The van der Waals surface area contributed by atoms with Crippen LogP contribution in [0.15, 0.2) is 36.4 Å². The zero-order chi connectivity index (χ0) is 16.3. The molecule has 116 valence electrons. The Bertz CT molecular complexity index is 632. The molecule has 2 rings (SSSR count). The molecule has 0 aliphatic rings. The SMILES string of the molecule is CN(C)c1cc(N(C)C)nc(N(C(=O)O)c2ccccc2)n1. The van der Waals surface area contributed by atoms with Gasteiger partial charge in [0.05, 0.1) is 5.69 Å². The number of carboxylic acid groups (broad SMARTS) is 1. The Balaban J connectivity index is 2.59.